The van der Waals surface area contributed by atoms with Gasteiger partial charge in [0.2, 0.25) is 23.6 Å². The Kier molecular flexibility index (Phi) is 12.7. The van der Waals surface area contributed by atoms with Crippen molar-refractivity contribution < 1.29 is 44.1 Å². The van der Waals surface area contributed by atoms with Crippen molar-refractivity contribution in [3.8, 4) is 5.75 Å². The van der Waals surface area contributed by atoms with E-state index in [0.717, 1.165) is 0 Å². The molecule has 1 aromatic carbocycles. The van der Waals surface area contributed by atoms with Gasteiger partial charge in [0.1, 0.15) is 23.9 Å². The van der Waals surface area contributed by atoms with Crippen LogP contribution in [0.3, 0.4) is 0 Å². The van der Waals surface area contributed by atoms with Crippen LogP contribution in [-0.4, -0.2) is 75.1 Å². The van der Waals surface area contributed by atoms with Crippen molar-refractivity contribution in [2.75, 3.05) is 0 Å². The summed E-state index contributed by atoms with van der Waals surface area (Å²) >= 11 is 0. The summed E-state index contributed by atoms with van der Waals surface area (Å²) in [5.41, 5.74) is 11.4. The predicted octanol–water partition coefficient (Wildman–Crippen LogP) is -1.41. The summed E-state index contributed by atoms with van der Waals surface area (Å²) in [6.45, 7) is 3.37. The number of nitrogens with one attached hydrogen (secondary N) is 3. The molecule has 4 amide bonds. The lowest BCUT2D eigenvalue weighted by Gasteiger charge is -2.25. The van der Waals surface area contributed by atoms with Crippen LogP contribution >= 0.6 is 0 Å². The van der Waals surface area contributed by atoms with Crippen molar-refractivity contribution in [2.24, 2.45) is 17.4 Å². The minimum Gasteiger partial charge on any atom is -0.508 e. The number of hydrogen-bond acceptors (Lipinski definition) is 8. The molecule has 0 heterocycles. The molecule has 0 bridgehead atoms. The molecule has 14 heteroatoms. The first-order valence-corrected chi connectivity index (χ1v) is 11.9. The lowest BCUT2D eigenvalue weighted by atomic mass is 10.0. The first-order valence-electron chi connectivity index (χ1n) is 11.9. The van der Waals surface area contributed by atoms with E-state index in [1.165, 1.54) is 24.3 Å². The van der Waals surface area contributed by atoms with Crippen molar-refractivity contribution in [1.82, 2.24) is 16.0 Å². The van der Waals surface area contributed by atoms with Gasteiger partial charge in [0.15, 0.2) is 0 Å². The van der Waals surface area contributed by atoms with Gasteiger partial charge >= 0.3 is 11.9 Å². The van der Waals surface area contributed by atoms with Crippen LogP contribution in [0, 0.1) is 5.92 Å². The molecule has 10 N–H and O–H groups in total. The number of primary amides is 1. The van der Waals surface area contributed by atoms with E-state index in [2.05, 4.69) is 16.0 Å². The summed E-state index contributed by atoms with van der Waals surface area (Å²) in [4.78, 5) is 72.4. The molecule has 0 aliphatic rings. The van der Waals surface area contributed by atoms with Gasteiger partial charge in [0.25, 0.3) is 0 Å². The number of carboxylic acid groups (broad SMARTS) is 2. The quantitative estimate of drug-likeness (QED) is 0.122. The summed E-state index contributed by atoms with van der Waals surface area (Å²) < 4.78 is 0. The van der Waals surface area contributed by atoms with Crippen LogP contribution in [0.4, 0.5) is 0 Å². The number of nitrogens with two attached hydrogens (primary N) is 2. The molecule has 0 aliphatic heterocycles. The third-order valence-electron chi connectivity index (χ3n) is 5.60. The van der Waals surface area contributed by atoms with Gasteiger partial charge in [-0.3, -0.25) is 24.0 Å². The fraction of sp³-hybridized carbons (Fsp3) is 0.500. The lowest BCUT2D eigenvalue weighted by Crippen LogP contribution is -2.58. The number of rotatable bonds is 16. The fourth-order valence-corrected chi connectivity index (χ4v) is 3.27. The van der Waals surface area contributed by atoms with E-state index in [1.54, 1.807) is 13.8 Å². The molecule has 4 atom stereocenters. The zero-order chi connectivity index (χ0) is 29.0. The van der Waals surface area contributed by atoms with Gasteiger partial charge in [0.05, 0.1) is 6.04 Å². The Labute approximate surface area is 219 Å². The summed E-state index contributed by atoms with van der Waals surface area (Å²) in [5.74, 6) is -6.23. The van der Waals surface area contributed by atoms with E-state index in [-0.39, 0.29) is 37.4 Å². The highest BCUT2D eigenvalue weighted by Gasteiger charge is 2.31. The Hall–Kier alpha value is -4.20. The number of phenols is 1. The Balaban J connectivity index is 3.19. The molecular weight excluding hydrogens is 502 g/mol. The largest absolute Gasteiger partial charge is 0.508 e. The molecule has 4 unspecified atom stereocenters. The maximum atomic E-state index is 13.1. The highest BCUT2D eigenvalue weighted by atomic mass is 16.4. The average Bonchev–Trinajstić information content (AvgIpc) is 2.83. The fourth-order valence-electron chi connectivity index (χ4n) is 3.27. The van der Waals surface area contributed by atoms with E-state index in [4.69, 9.17) is 16.6 Å². The number of benzene rings is 1. The Morgan fingerprint density at radius 3 is 1.79 bits per heavy atom. The summed E-state index contributed by atoms with van der Waals surface area (Å²) in [6.07, 6.45) is -1.53. The number of phenolic OH excluding ortho intramolecular Hbond substituents is 1. The maximum Gasteiger partial charge on any atom is 0.326 e. The second-order valence-electron chi connectivity index (χ2n) is 9.10. The van der Waals surface area contributed by atoms with Crippen LogP contribution in [0.2, 0.25) is 0 Å². The normalized spacial score (nSPS) is 14.0. The zero-order valence-electron chi connectivity index (χ0n) is 21.2. The summed E-state index contributed by atoms with van der Waals surface area (Å²) in [7, 11) is 0. The monoisotopic (exact) mass is 537 g/mol. The summed E-state index contributed by atoms with van der Waals surface area (Å²) in [5, 5.41) is 35.1. The van der Waals surface area contributed by atoms with Crippen LogP contribution in [0.5, 0.6) is 5.75 Å². The standard InChI is InChI=1S/C24H35N5O9/c1-12(2)20(26)23(36)27-15(8-10-19(32)33)21(34)29-17(11-13-3-5-14(30)6-4-13)22(35)28-16(24(37)38)7-9-18(25)31/h3-6,12,15-17,20,30H,7-11,26H2,1-2H3,(H2,25,31)(H,27,36)(H,28,35)(H,29,34)(H,32,33)(H,37,38). The highest BCUT2D eigenvalue weighted by molar-refractivity contribution is 5.94. The number of hydrogen-bond donors (Lipinski definition) is 8. The molecule has 0 fully saturated rings. The summed E-state index contributed by atoms with van der Waals surface area (Å²) in [6, 6.07) is 0.469. The first-order chi connectivity index (χ1) is 17.7. The highest BCUT2D eigenvalue weighted by Crippen LogP contribution is 2.12. The van der Waals surface area contributed by atoms with E-state index in [1.807, 2.05) is 0 Å². The number of aliphatic carboxylic acids is 2. The van der Waals surface area contributed by atoms with E-state index >= 15 is 0 Å². The van der Waals surface area contributed by atoms with Gasteiger partial charge in [-0.25, -0.2) is 4.79 Å². The van der Waals surface area contributed by atoms with Crippen LogP contribution in [0.25, 0.3) is 0 Å². The molecule has 0 spiro atoms. The molecule has 1 rings (SSSR count). The zero-order valence-corrected chi connectivity index (χ0v) is 21.2. The maximum absolute atomic E-state index is 13.1. The van der Waals surface area contributed by atoms with Crippen molar-refractivity contribution >= 4 is 35.6 Å². The Bertz CT molecular complexity index is 1010. The van der Waals surface area contributed by atoms with Crippen LogP contribution in [0.1, 0.15) is 45.1 Å². The van der Waals surface area contributed by atoms with Gasteiger partial charge in [-0.2, -0.15) is 0 Å². The van der Waals surface area contributed by atoms with Gasteiger partial charge in [0, 0.05) is 19.3 Å². The third kappa shape index (κ3) is 11.2. The second-order valence-corrected chi connectivity index (χ2v) is 9.10. The van der Waals surface area contributed by atoms with Crippen molar-refractivity contribution in [2.45, 2.75) is 70.1 Å². The molecule has 38 heavy (non-hydrogen) atoms. The molecule has 0 aliphatic carbocycles. The van der Waals surface area contributed by atoms with Crippen molar-refractivity contribution in [3.63, 3.8) is 0 Å². The molecule has 14 nitrogen and oxygen atoms in total. The van der Waals surface area contributed by atoms with Crippen molar-refractivity contribution in [3.05, 3.63) is 29.8 Å². The van der Waals surface area contributed by atoms with Crippen LogP contribution < -0.4 is 27.4 Å². The topological polar surface area (TPSA) is 251 Å². The Morgan fingerprint density at radius 2 is 1.29 bits per heavy atom. The van der Waals surface area contributed by atoms with Gasteiger partial charge < -0.3 is 42.7 Å². The number of amides is 4. The third-order valence-corrected chi connectivity index (χ3v) is 5.60. The number of aromatic hydroxyl groups is 1. The van der Waals surface area contributed by atoms with Gasteiger partial charge in [-0.15, -0.1) is 0 Å². The molecule has 0 radical (unpaired) electrons. The van der Waals surface area contributed by atoms with Gasteiger partial charge in [-0.05, 0) is 36.5 Å². The van der Waals surface area contributed by atoms with Crippen molar-refractivity contribution in [1.29, 1.82) is 0 Å². The number of carboxylic acids is 2. The van der Waals surface area contributed by atoms with Gasteiger partial charge in [-0.1, -0.05) is 26.0 Å². The minimum atomic E-state index is -1.49. The van der Waals surface area contributed by atoms with Crippen LogP contribution in [-0.2, 0) is 35.2 Å². The molecule has 0 saturated carbocycles. The number of carbonyl (C=O) groups is 6. The Morgan fingerprint density at radius 1 is 0.789 bits per heavy atom. The molecule has 0 saturated heterocycles. The second kappa shape index (κ2) is 15.1. The van der Waals surface area contributed by atoms with E-state index in [9.17, 15) is 39.0 Å². The lowest BCUT2D eigenvalue weighted by molar-refractivity contribution is -0.142. The first kappa shape index (κ1) is 31.8. The molecule has 0 aromatic heterocycles. The number of carbonyl (C=O) groups excluding carboxylic acids is 4. The van der Waals surface area contributed by atoms with E-state index in [0.29, 0.717) is 5.56 Å². The predicted molar refractivity (Wildman–Crippen MR) is 133 cm³/mol. The molecular formula is C24H35N5O9. The van der Waals surface area contributed by atoms with E-state index < -0.39 is 66.2 Å². The average molecular weight is 538 g/mol. The smallest absolute Gasteiger partial charge is 0.326 e. The SMILES string of the molecule is CC(C)C(N)C(=O)NC(CCC(=O)O)C(=O)NC(Cc1ccc(O)cc1)C(=O)NC(CCC(N)=O)C(=O)O. The molecule has 210 valence electrons. The molecule has 1 aromatic rings. The van der Waals surface area contributed by atoms with Crippen LogP contribution in [0.15, 0.2) is 24.3 Å². The minimum absolute atomic E-state index is 0.0471.